The van der Waals surface area contributed by atoms with E-state index in [0.717, 1.165) is 11.1 Å². The van der Waals surface area contributed by atoms with Crippen molar-refractivity contribution in [3.63, 3.8) is 0 Å². The Balaban J connectivity index is 2.20. The number of hydrogen-bond acceptors (Lipinski definition) is 4. The number of pyridine rings is 1. The second-order valence-corrected chi connectivity index (χ2v) is 3.84. The summed E-state index contributed by atoms with van der Waals surface area (Å²) in [4.78, 5) is 12.6. The summed E-state index contributed by atoms with van der Waals surface area (Å²) in [5.41, 5.74) is 2.00. The quantitative estimate of drug-likeness (QED) is 0.852. The van der Waals surface area contributed by atoms with E-state index < -0.39 is 0 Å². The van der Waals surface area contributed by atoms with Gasteiger partial charge >= 0.3 is 0 Å². The van der Waals surface area contributed by atoms with Gasteiger partial charge in [-0.3, -0.25) is 4.98 Å². The van der Waals surface area contributed by atoms with Crippen molar-refractivity contribution in [2.45, 2.75) is 19.9 Å². The van der Waals surface area contributed by atoms with Gasteiger partial charge in [-0.1, -0.05) is 6.07 Å². The summed E-state index contributed by atoms with van der Waals surface area (Å²) in [5.74, 6) is 0.655. The van der Waals surface area contributed by atoms with Gasteiger partial charge in [-0.05, 0) is 19.9 Å². The summed E-state index contributed by atoms with van der Waals surface area (Å²) in [7, 11) is 0. The van der Waals surface area contributed by atoms with Crippen molar-refractivity contribution >= 4 is 5.95 Å². The molecule has 0 aliphatic carbocycles. The Morgan fingerprint density at radius 3 is 2.38 bits per heavy atom. The fourth-order valence-corrected chi connectivity index (χ4v) is 1.34. The molecule has 2 rings (SSSR count). The predicted molar refractivity (Wildman–Crippen MR) is 64.0 cm³/mol. The Bertz CT molecular complexity index is 436. The molecule has 0 spiro atoms. The maximum atomic E-state index is 4.25. The van der Waals surface area contributed by atoms with Gasteiger partial charge in [-0.15, -0.1) is 0 Å². The Hall–Kier alpha value is -1.97. The molecular formula is C12H14N4. The van der Waals surface area contributed by atoms with Crippen molar-refractivity contribution in [2.24, 2.45) is 0 Å². The topological polar surface area (TPSA) is 50.7 Å². The van der Waals surface area contributed by atoms with E-state index in [0.29, 0.717) is 12.0 Å². The molecule has 0 aliphatic heterocycles. The zero-order chi connectivity index (χ0) is 11.4. The summed E-state index contributed by atoms with van der Waals surface area (Å²) in [6.45, 7) is 4.11. The molecule has 0 radical (unpaired) electrons. The van der Waals surface area contributed by atoms with Gasteiger partial charge in [0, 0.05) is 42.0 Å². The van der Waals surface area contributed by atoms with E-state index in [-0.39, 0.29) is 0 Å². The van der Waals surface area contributed by atoms with Crippen LogP contribution in [0.2, 0.25) is 0 Å². The van der Waals surface area contributed by atoms with Crippen LogP contribution < -0.4 is 5.32 Å². The largest absolute Gasteiger partial charge is 0.352 e. The van der Waals surface area contributed by atoms with Crippen LogP contribution in [0, 0.1) is 0 Å². The standard InChI is InChI=1S/C12H14N4/c1-9(2)16-12-14-7-11(8-15-12)10-4-3-5-13-6-10/h3-9H,1-2H3,(H,14,15,16). The average Bonchev–Trinajstić information content (AvgIpc) is 2.30. The lowest BCUT2D eigenvalue weighted by atomic mass is 10.2. The molecule has 2 aromatic heterocycles. The number of hydrogen-bond donors (Lipinski definition) is 1. The minimum absolute atomic E-state index is 0.337. The van der Waals surface area contributed by atoms with Crippen molar-refractivity contribution < 1.29 is 0 Å². The van der Waals surface area contributed by atoms with E-state index >= 15 is 0 Å². The minimum atomic E-state index is 0.337. The number of nitrogens with zero attached hydrogens (tertiary/aromatic N) is 3. The number of nitrogens with one attached hydrogen (secondary N) is 1. The van der Waals surface area contributed by atoms with Crippen LogP contribution in [-0.2, 0) is 0 Å². The highest BCUT2D eigenvalue weighted by molar-refractivity contribution is 5.60. The average molecular weight is 214 g/mol. The third-order valence-corrected chi connectivity index (χ3v) is 2.06. The molecule has 82 valence electrons. The monoisotopic (exact) mass is 214 g/mol. The van der Waals surface area contributed by atoms with Crippen LogP contribution >= 0.6 is 0 Å². The molecule has 0 aromatic carbocycles. The molecule has 0 unspecified atom stereocenters. The van der Waals surface area contributed by atoms with Crippen molar-refractivity contribution in [2.75, 3.05) is 5.32 Å². The van der Waals surface area contributed by atoms with Crippen LogP contribution in [0.1, 0.15) is 13.8 Å². The van der Waals surface area contributed by atoms with Gasteiger partial charge in [0.25, 0.3) is 0 Å². The first-order valence-electron chi connectivity index (χ1n) is 5.24. The third kappa shape index (κ3) is 2.53. The summed E-state index contributed by atoms with van der Waals surface area (Å²) < 4.78 is 0. The van der Waals surface area contributed by atoms with Crippen molar-refractivity contribution in [3.8, 4) is 11.1 Å². The highest BCUT2D eigenvalue weighted by Gasteiger charge is 2.00. The molecule has 16 heavy (non-hydrogen) atoms. The Morgan fingerprint density at radius 2 is 1.81 bits per heavy atom. The second kappa shape index (κ2) is 4.70. The lowest BCUT2D eigenvalue weighted by Gasteiger charge is -2.07. The van der Waals surface area contributed by atoms with Gasteiger partial charge in [0.15, 0.2) is 0 Å². The van der Waals surface area contributed by atoms with E-state index in [9.17, 15) is 0 Å². The van der Waals surface area contributed by atoms with E-state index in [2.05, 4.69) is 34.1 Å². The first kappa shape index (κ1) is 10.5. The molecule has 0 aliphatic rings. The lowest BCUT2D eigenvalue weighted by Crippen LogP contribution is -2.12. The second-order valence-electron chi connectivity index (χ2n) is 3.84. The molecule has 0 saturated carbocycles. The molecule has 2 aromatic rings. The highest BCUT2D eigenvalue weighted by Crippen LogP contribution is 2.16. The maximum Gasteiger partial charge on any atom is 0.222 e. The van der Waals surface area contributed by atoms with Crippen LogP contribution in [0.5, 0.6) is 0 Å². The zero-order valence-corrected chi connectivity index (χ0v) is 9.38. The third-order valence-electron chi connectivity index (χ3n) is 2.06. The van der Waals surface area contributed by atoms with Gasteiger partial charge in [0.05, 0.1) is 0 Å². The first-order chi connectivity index (χ1) is 7.75. The molecule has 0 atom stereocenters. The van der Waals surface area contributed by atoms with Gasteiger partial charge in [0.1, 0.15) is 0 Å². The van der Waals surface area contributed by atoms with Crippen molar-refractivity contribution in [1.29, 1.82) is 0 Å². The van der Waals surface area contributed by atoms with Gasteiger partial charge in [0.2, 0.25) is 5.95 Å². The molecule has 2 heterocycles. The molecule has 0 amide bonds. The normalized spacial score (nSPS) is 10.4. The van der Waals surface area contributed by atoms with Crippen molar-refractivity contribution in [3.05, 3.63) is 36.9 Å². The molecule has 0 bridgehead atoms. The molecule has 1 N–H and O–H groups in total. The van der Waals surface area contributed by atoms with Crippen LogP contribution in [0.15, 0.2) is 36.9 Å². The highest BCUT2D eigenvalue weighted by atomic mass is 15.1. The molecule has 4 heteroatoms. The number of aromatic nitrogens is 3. The van der Waals surface area contributed by atoms with Crippen LogP contribution in [0.4, 0.5) is 5.95 Å². The molecular weight excluding hydrogens is 200 g/mol. The van der Waals surface area contributed by atoms with Gasteiger partial charge in [-0.25, -0.2) is 9.97 Å². The SMILES string of the molecule is CC(C)Nc1ncc(-c2cccnc2)cn1. The van der Waals surface area contributed by atoms with E-state index in [1.807, 2.05) is 12.1 Å². The molecule has 0 saturated heterocycles. The Kier molecular flexibility index (Phi) is 3.10. The number of rotatable bonds is 3. The van der Waals surface area contributed by atoms with E-state index in [4.69, 9.17) is 0 Å². The maximum absolute atomic E-state index is 4.25. The summed E-state index contributed by atoms with van der Waals surface area (Å²) >= 11 is 0. The predicted octanol–water partition coefficient (Wildman–Crippen LogP) is 2.36. The fourth-order valence-electron chi connectivity index (χ4n) is 1.34. The van der Waals surface area contributed by atoms with Crippen LogP contribution in [0.25, 0.3) is 11.1 Å². The van der Waals surface area contributed by atoms with E-state index in [1.54, 1.807) is 24.8 Å². The Labute approximate surface area is 94.8 Å². The summed E-state index contributed by atoms with van der Waals surface area (Å²) in [6.07, 6.45) is 7.15. The lowest BCUT2D eigenvalue weighted by molar-refractivity contribution is 0.874. The summed E-state index contributed by atoms with van der Waals surface area (Å²) in [6, 6.07) is 4.22. The van der Waals surface area contributed by atoms with Gasteiger partial charge < -0.3 is 5.32 Å². The Morgan fingerprint density at radius 1 is 1.06 bits per heavy atom. The molecule has 4 nitrogen and oxygen atoms in total. The van der Waals surface area contributed by atoms with Crippen LogP contribution in [-0.4, -0.2) is 21.0 Å². The minimum Gasteiger partial charge on any atom is -0.352 e. The first-order valence-corrected chi connectivity index (χ1v) is 5.24. The molecule has 0 fully saturated rings. The zero-order valence-electron chi connectivity index (χ0n) is 9.38. The fraction of sp³-hybridized carbons (Fsp3) is 0.250. The smallest absolute Gasteiger partial charge is 0.222 e. The van der Waals surface area contributed by atoms with Crippen LogP contribution in [0.3, 0.4) is 0 Å². The van der Waals surface area contributed by atoms with Crippen molar-refractivity contribution in [1.82, 2.24) is 15.0 Å². The summed E-state index contributed by atoms with van der Waals surface area (Å²) in [5, 5.41) is 3.15. The van der Waals surface area contributed by atoms with Gasteiger partial charge in [-0.2, -0.15) is 0 Å². The van der Waals surface area contributed by atoms with E-state index in [1.165, 1.54) is 0 Å². The number of anilines is 1.